The van der Waals surface area contributed by atoms with Crippen molar-refractivity contribution in [2.24, 2.45) is 15.9 Å². The monoisotopic (exact) mass is 327 g/mol. The molecule has 0 saturated carbocycles. The van der Waals surface area contributed by atoms with E-state index >= 15 is 0 Å². The lowest BCUT2D eigenvalue weighted by molar-refractivity contribution is 0.759. The molecule has 5 heteroatoms. The lowest BCUT2D eigenvalue weighted by Crippen LogP contribution is -2.15. The van der Waals surface area contributed by atoms with Gasteiger partial charge in [-0.3, -0.25) is 0 Å². The summed E-state index contributed by atoms with van der Waals surface area (Å²) < 4.78 is 0. The van der Waals surface area contributed by atoms with Gasteiger partial charge < -0.3 is 5.73 Å². The Morgan fingerprint density at radius 1 is 1.06 bits per heavy atom. The standard InChI is InChI=1S/C13H17N3S.BrH/c14-13-16-15-12(10-17-13)9-5-4-8-11-6-2-1-3-7-11;/h1-3,6-7H,4-5,8-10H2,(H2,14,16);1H. The van der Waals surface area contributed by atoms with Gasteiger partial charge in [0.1, 0.15) is 0 Å². The van der Waals surface area contributed by atoms with E-state index < -0.39 is 0 Å². The van der Waals surface area contributed by atoms with Gasteiger partial charge in [0.2, 0.25) is 0 Å². The number of thioether (sulfide) groups is 1. The molecule has 0 aromatic heterocycles. The highest BCUT2D eigenvalue weighted by molar-refractivity contribution is 8.93. The first kappa shape index (κ1) is 15.2. The zero-order valence-corrected chi connectivity index (χ0v) is 12.7. The number of aryl methyl sites for hydroxylation is 1. The SMILES string of the molecule is Br.NC1=NN=C(CCCCc2ccccc2)CS1. The van der Waals surface area contributed by atoms with E-state index in [1.54, 1.807) is 11.8 Å². The van der Waals surface area contributed by atoms with Crippen LogP contribution in [0.15, 0.2) is 40.5 Å². The van der Waals surface area contributed by atoms with E-state index in [1.807, 2.05) is 0 Å². The molecule has 1 heterocycles. The highest BCUT2D eigenvalue weighted by Crippen LogP contribution is 2.12. The summed E-state index contributed by atoms with van der Waals surface area (Å²) in [5, 5.41) is 8.59. The third-order valence-corrected chi connectivity index (χ3v) is 3.56. The summed E-state index contributed by atoms with van der Waals surface area (Å²) in [6.45, 7) is 0. The third kappa shape index (κ3) is 5.23. The Hall–Kier alpha value is -0.810. The molecule has 2 N–H and O–H groups in total. The van der Waals surface area contributed by atoms with Crippen LogP contribution in [0.5, 0.6) is 0 Å². The van der Waals surface area contributed by atoms with Gasteiger partial charge in [-0.1, -0.05) is 42.1 Å². The van der Waals surface area contributed by atoms with Gasteiger partial charge in [-0.05, 0) is 31.2 Å². The minimum absolute atomic E-state index is 0. The summed E-state index contributed by atoms with van der Waals surface area (Å²) in [6, 6.07) is 10.6. The summed E-state index contributed by atoms with van der Waals surface area (Å²) in [7, 11) is 0. The number of nitrogens with zero attached hydrogens (tertiary/aromatic N) is 2. The summed E-state index contributed by atoms with van der Waals surface area (Å²) in [6.07, 6.45) is 4.56. The van der Waals surface area contributed by atoms with Crippen molar-refractivity contribution in [1.29, 1.82) is 0 Å². The quantitative estimate of drug-likeness (QED) is 0.842. The van der Waals surface area contributed by atoms with Crippen LogP contribution in [-0.2, 0) is 6.42 Å². The first-order valence-corrected chi connectivity index (χ1v) is 6.89. The van der Waals surface area contributed by atoms with E-state index in [1.165, 1.54) is 18.4 Å². The molecule has 0 aliphatic carbocycles. The minimum atomic E-state index is 0. The molecule has 0 unspecified atom stereocenters. The smallest absolute Gasteiger partial charge is 0.180 e. The minimum Gasteiger partial charge on any atom is -0.377 e. The Labute approximate surface area is 123 Å². The van der Waals surface area contributed by atoms with Gasteiger partial charge in [0, 0.05) is 5.75 Å². The molecule has 1 aliphatic rings. The number of hydrogen-bond donors (Lipinski definition) is 1. The fourth-order valence-electron chi connectivity index (χ4n) is 1.76. The molecule has 0 radical (unpaired) electrons. The molecule has 3 nitrogen and oxygen atoms in total. The van der Waals surface area contributed by atoms with Crippen LogP contribution in [-0.4, -0.2) is 16.6 Å². The third-order valence-electron chi connectivity index (χ3n) is 2.70. The molecule has 1 aliphatic heterocycles. The molecule has 0 saturated heterocycles. The molecule has 0 fully saturated rings. The molecule has 1 aromatic carbocycles. The molecule has 18 heavy (non-hydrogen) atoms. The second-order valence-electron chi connectivity index (χ2n) is 4.09. The van der Waals surface area contributed by atoms with Crippen LogP contribution in [0, 0.1) is 0 Å². The second kappa shape index (κ2) is 8.32. The van der Waals surface area contributed by atoms with Crippen LogP contribution < -0.4 is 5.73 Å². The zero-order chi connectivity index (χ0) is 11.9. The lowest BCUT2D eigenvalue weighted by Gasteiger charge is -2.08. The Morgan fingerprint density at radius 2 is 1.78 bits per heavy atom. The number of rotatable bonds is 5. The number of nitrogens with two attached hydrogens (primary N) is 1. The van der Waals surface area contributed by atoms with Gasteiger partial charge in [-0.2, -0.15) is 5.10 Å². The summed E-state index contributed by atoms with van der Waals surface area (Å²) in [4.78, 5) is 0. The van der Waals surface area contributed by atoms with Crippen LogP contribution in [0.4, 0.5) is 0 Å². The zero-order valence-electron chi connectivity index (χ0n) is 10.2. The number of hydrogen-bond acceptors (Lipinski definition) is 4. The molecule has 0 spiro atoms. The molecule has 1 aromatic rings. The van der Waals surface area contributed by atoms with Gasteiger partial charge in [0.25, 0.3) is 0 Å². The maximum Gasteiger partial charge on any atom is 0.180 e. The highest BCUT2D eigenvalue weighted by atomic mass is 79.9. The predicted octanol–water partition coefficient (Wildman–Crippen LogP) is 3.39. The maximum atomic E-state index is 5.53. The lowest BCUT2D eigenvalue weighted by atomic mass is 10.1. The van der Waals surface area contributed by atoms with Crippen molar-refractivity contribution >= 4 is 39.6 Å². The van der Waals surface area contributed by atoms with Crippen LogP contribution in [0.2, 0.25) is 0 Å². The van der Waals surface area contributed by atoms with Gasteiger partial charge >= 0.3 is 0 Å². The Kier molecular flexibility index (Phi) is 7.05. The van der Waals surface area contributed by atoms with Gasteiger partial charge in [-0.15, -0.1) is 22.1 Å². The normalized spacial score (nSPS) is 14.4. The first-order chi connectivity index (χ1) is 8.34. The average molecular weight is 328 g/mol. The number of halogens is 1. The van der Waals surface area contributed by atoms with Crippen LogP contribution >= 0.6 is 28.7 Å². The largest absolute Gasteiger partial charge is 0.377 e. The molecule has 98 valence electrons. The van der Waals surface area contributed by atoms with E-state index in [-0.39, 0.29) is 17.0 Å². The predicted molar refractivity (Wildman–Crippen MR) is 85.8 cm³/mol. The van der Waals surface area contributed by atoms with Crippen molar-refractivity contribution in [3.05, 3.63) is 35.9 Å². The van der Waals surface area contributed by atoms with E-state index in [0.29, 0.717) is 5.17 Å². The van der Waals surface area contributed by atoms with E-state index in [2.05, 4.69) is 40.5 Å². The Balaban J connectivity index is 0.00000162. The number of benzene rings is 1. The molecule has 0 atom stereocenters. The Bertz CT molecular complexity index is 418. The average Bonchev–Trinajstić information content (AvgIpc) is 2.38. The number of amidine groups is 1. The van der Waals surface area contributed by atoms with Crippen LogP contribution in [0.3, 0.4) is 0 Å². The number of unbranched alkanes of at least 4 members (excludes halogenated alkanes) is 1. The van der Waals surface area contributed by atoms with Crippen LogP contribution in [0.25, 0.3) is 0 Å². The molecule has 0 amide bonds. The summed E-state index contributed by atoms with van der Waals surface area (Å²) in [5.41, 5.74) is 8.11. The van der Waals surface area contributed by atoms with Gasteiger partial charge in [0.15, 0.2) is 5.17 Å². The van der Waals surface area contributed by atoms with Crippen molar-refractivity contribution in [3.8, 4) is 0 Å². The van der Waals surface area contributed by atoms with Gasteiger partial charge in [-0.25, -0.2) is 0 Å². The van der Waals surface area contributed by atoms with Crippen LogP contribution in [0.1, 0.15) is 24.8 Å². The Morgan fingerprint density at radius 3 is 2.44 bits per heavy atom. The van der Waals surface area contributed by atoms with Crippen molar-refractivity contribution < 1.29 is 0 Å². The second-order valence-corrected chi connectivity index (χ2v) is 5.08. The maximum absolute atomic E-state index is 5.53. The van der Waals surface area contributed by atoms with Crippen molar-refractivity contribution in [2.45, 2.75) is 25.7 Å². The fraction of sp³-hybridized carbons (Fsp3) is 0.385. The molecular formula is C13H18BrN3S. The molecule has 0 bridgehead atoms. The summed E-state index contributed by atoms with van der Waals surface area (Å²) >= 11 is 1.58. The van der Waals surface area contributed by atoms with Gasteiger partial charge in [0.05, 0.1) is 5.71 Å². The topological polar surface area (TPSA) is 50.7 Å². The summed E-state index contributed by atoms with van der Waals surface area (Å²) in [5.74, 6) is 0.903. The molecular weight excluding hydrogens is 310 g/mol. The fourth-order valence-corrected chi connectivity index (χ4v) is 2.38. The van der Waals surface area contributed by atoms with E-state index in [0.717, 1.165) is 24.3 Å². The first-order valence-electron chi connectivity index (χ1n) is 5.90. The van der Waals surface area contributed by atoms with E-state index in [9.17, 15) is 0 Å². The highest BCUT2D eigenvalue weighted by Gasteiger charge is 2.07. The van der Waals surface area contributed by atoms with Crippen molar-refractivity contribution in [3.63, 3.8) is 0 Å². The molecule has 2 rings (SSSR count). The van der Waals surface area contributed by atoms with E-state index in [4.69, 9.17) is 5.73 Å². The van der Waals surface area contributed by atoms with Crippen molar-refractivity contribution in [2.75, 3.05) is 5.75 Å². The van der Waals surface area contributed by atoms with Crippen molar-refractivity contribution in [1.82, 2.24) is 0 Å².